The molecule has 0 N–H and O–H groups in total. The first-order valence-electron chi connectivity index (χ1n) is 9.34. The molecule has 1 amide bonds. The van der Waals surface area contributed by atoms with Crippen LogP contribution in [0.3, 0.4) is 0 Å². The molecule has 3 rings (SSSR count). The number of hydrogen-bond donors (Lipinski definition) is 0. The highest BCUT2D eigenvalue weighted by molar-refractivity contribution is 7.85. The van der Waals surface area contributed by atoms with Crippen LogP contribution < -0.4 is 0 Å². The average molecular weight is 375 g/mol. The molecule has 0 radical (unpaired) electrons. The van der Waals surface area contributed by atoms with Crippen LogP contribution in [0.5, 0.6) is 0 Å². The molecular weight excluding hydrogens is 348 g/mol. The predicted octanol–water partition coefficient (Wildman–Crippen LogP) is 3.27. The van der Waals surface area contributed by atoms with Crippen LogP contribution in [0.2, 0.25) is 0 Å². The zero-order valence-electron chi connectivity index (χ0n) is 15.4. The molecule has 0 aliphatic carbocycles. The minimum atomic E-state index is -1.08. The lowest BCUT2D eigenvalue weighted by atomic mass is 9.79. The lowest BCUT2D eigenvalue weighted by molar-refractivity contribution is -0.128. The number of nitrogens with zero attached hydrogens (tertiary/aromatic N) is 2. The molecule has 1 spiro atoms. The van der Waals surface area contributed by atoms with Gasteiger partial charge in [0.25, 0.3) is 5.91 Å². The van der Waals surface area contributed by atoms with E-state index in [1.165, 1.54) is 0 Å². The molecule has 140 valence electrons. The third kappa shape index (κ3) is 3.56. The normalized spacial score (nSPS) is 27.3. The molecule has 0 aromatic heterocycles. The second-order valence-electron chi connectivity index (χ2n) is 7.37. The zero-order valence-corrected chi connectivity index (χ0v) is 16.3. The van der Waals surface area contributed by atoms with E-state index in [9.17, 15) is 14.3 Å². The molecule has 1 aromatic rings. The summed E-state index contributed by atoms with van der Waals surface area (Å²) in [4.78, 5) is 15.4. The number of benzene rings is 1. The topological polar surface area (TPSA) is 70.4 Å². The van der Waals surface area contributed by atoms with Gasteiger partial charge in [0, 0.05) is 28.9 Å². The van der Waals surface area contributed by atoms with E-state index in [4.69, 9.17) is 4.74 Å². The van der Waals surface area contributed by atoms with Crippen LogP contribution in [0.1, 0.15) is 56.3 Å². The second kappa shape index (κ2) is 7.89. The van der Waals surface area contributed by atoms with Crippen LogP contribution in [0.15, 0.2) is 29.2 Å². The summed E-state index contributed by atoms with van der Waals surface area (Å²) in [6.07, 6.45) is 4.57. The SMILES string of the molecule is CC(C)[S@](=O)c1ccc(C(=O)N2CCC[C@@]3(CCCCO3)[C@H]2C#N)cc1. The van der Waals surface area contributed by atoms with Gasteiger partial charge in [0.15, 0.2) is 0 Å². The Morgan fingerprint density at radius 1 is 1.27 bits per heavy atom. The number of carbonyl (C=O) groups is 1. The van der Waals surface area contributed by atoms with Gasteiger partial charge in [-0.25, -0.2) is 0 Å². The van der Waals surface area contributed by atoms with E-state index in [1.807, 2.05) is 13.8 Å². The highest BCUT2D eigenvalue weighted by atomic mass is 32.2. The number of hydrogen-bond acceptors (Lipinski definition) is 4. The van der Waals surface area contributed by atoms with Gasteiger partial charge in [-0.2, -0.15) is 5.26 Å². The van der Waals surface area contributed by atoms with Crippen LogP contribution in [0, 0.1) is 11.3 Å². The number of rotatable bonds is 3. The van der Waals surface area contributed by atoms with Crippen molar-refractivity contribution in [1.82, 2.24) is 4.90 Å². The average Bonchev–Trinajstić information content (AvgIpc) is 2.67. The molecule has 2 heterocycles. The Balaban J connectivity index is 1.82. The molecule has 26 heavy (non-hydrogen) atoms. The van der Waals surface area contributed by atoms with Gasteiger partial charge in [0.1, 0.15) is 11.6 Å². The van der Waals surface area contributed by atoms with Crippen LogP contribution in [-0.4, -0.2) is 45.1 Å². The molecule has 0 saturated carbocycles. The number of piperidine rings is 1. The van der Waals surface area contributed by atoms with Crippen molar-refractivity contribution in [2.75, 3.05) is 13.2 Å². The zero-order chi connectivity index (χ0) is 18.7. The second-order valence-corrected chi connectivity index (χ2v) is 9.38. The Morgan fingerprint density at radius 2 is 1.96 bits per heavy atom. The van der Waals surface area contributed by atoms with E-state index in [0.717, 1.165) is 37.0 Å². The van der Waals surface area contributed by atoms with Gasteiger partial charge in [-0.15, -0.1) is 0 Å². The Bertz CT molecular complexity index is 712. The molecule has 2 fully saturated rings. The van der Waals surface area contributed by atoms with Gasteiger partial charge in [0.2, 0.25) is 0 Å². The van der Waals surface area contributed by atoms with Crippen LogP contribution in [-0.2, 0) is 15.5 Å². The highest BCUT2D eigenvalue weighted by Gasteiger charge is 2.48. The van der Waals surface area contributed by atoms with Gasteiger partial charge in [-0.05, 0) is 56.4 Å². The third-order valence-corrected chi connectivity index (χ3v) is 6.93. The fourth-order valence-electron chi connectivity index (χ4n) is 3.96. The van der Waals surface area contributed by atoms with E-state index in [1.54, 1.807) is 29.2 Å². The molecule has 3 atom stereocenters. The van der Waals surface area contributed by atoms with Crippen molar-refractivity contribution in [3.8, 4) is 6.07 Å². The Kier molecular flexibility index (Phi) is 5.79. The first kappa shape index (κ1) is 19.1. The smallest absolute Gasteiger partial charge is 0.255 e. The molecular formula is C20H26N2O3S. The Morgan fingerprint density at radius 3 is 2.54 bits per heavy atom. The Labute approximate surface area is 157 Å². The number of likely N-dealkylation sites (tertiary alicyclic amines) is 1. The maximum Gasteiger partial charge on any atom is 0.255 e. The summed E-state index contributed by atoms with van der Waals surface area (Å²) in [6.45, 7) is 5.05. The first-order chi connectivity index (χ1) is 12.5. The lowest BCUT2D eigenvalue weighted by Crippen LogP contribution is -2.60. The predicted molar refractivity (Wildman–Crippen MR) is 100 cm³/mol. The summed E-state index contributed by atoms with van der Waals surface area (Å²) >= 11 is 0. The standard InChI is InChI=1S/C20H26N2O3S/c1-15(2)26(24)17-8-6-16(7-9-17)19(23)22-12-5-11-20(18(22)14-21)10-3-4-13-25-20/h6-9,15,18H,3-5,10-13H2,1-2H3/t18-,20+,26+/m1/s1. The maximum atomic E-state index is 13.1. The fraction of sp³-hybridized carbons (Fsp3) is 0.600. The Hall–Kier alpha value is -1.71. The van der Waals surface area contributed by atoms with Crippen molar-refractivity contribution in [3.63, 3.8) is 0 Å². The molecule has 1 aromatic carbocycles. The molecule has 0 bridgehead atoms. The minimum absolute atomic E-state index is 0.0323. The maximum absolute atomic E-state index is 13.1. The number of ether oxygens (including phenoxy) is 1. The van der Waals surface area contributed by atoms with Gasteiger partial charge in [-0.1, -0.05) is 13.8 Å². The van der Waals surface area contributed by atoms with Crippen LogP contribution >= 0.6 is 0 Å². The summed E-state index contributed by atoms with van der Waals surface area (Å²) in [5.74, 6) is -0.147. The summed E-state index contributed by atoms with van der Waals surface area (Å²) in [5, 5.41) is 9.82. The molecule has 2 saturated heterocycles. The fourth-order valence-corrected chi connectivity index (χ4v) is 4.91. The molecule has 2 aliphatic heterocycles. The molecule has 6 heteroatoms. The number of carbonyl (C=O) groups excluding carboxylic acids is 1. The first-order valence-corrected chi connectivity index (χ1v) is 10.5. The van der Waals surface area contributed by atoms with Gasteiger partial charge in [-0.3, -0.25) is 9.00 Å². The third-order valence-electron chi connectivity index (χ3n) is 5.34. The molecule has 2 aliphatic rings. The van der Waals surface area contributed by atoms with Crippen molar-refractivity contribution < 1.29 is 13.7 Å². The van der Waals surface area contributed by atoms with Crippen molar-refractivity contribution in [2.45, 2.75) is 67.7 Å². The molecule has 5 nitrogen and oxygen atoms in total. The summed E-state index contributed by atoms with van der Waals surface area (Å²) in [5.41, 5.74) is 0.0163. The van der Waals surface area contributed by atoms with Crippen molar-refractivity contribution >= 4 is 16.7 Å². The monoisotopic (exact) mass is 374 g/mol. The highest BCUT2D eigenvalue weighted by Crippen LogP contribution is 2.38. The minimum Gasteiger partial charge on any atom is -0.372 e. The summed E-state index contributed by atoms with van der Waals surface area (Å²) < 4.78 is 18.2. The quantitative estimate of drug-likeness (QED) is 0.814. The van der Waals surface area contributed by atoms with Gasteiger partial charge in [0.05, 0.1) is 16.9 Å². The number of nitriles is 1. The van der Waals surface area contributed by atoms with Crippen LogP contribution in [0.4, 0.5) is 0 Å². The summed E-state index contributed by atoms with van der Waals surface area (Å²) in [7, 11) is -1.08. The largest absolute Gasteiger partial charge is 0.372 e. The number of amides is 1. The van der Waals surface area contributed by atoms with Crippen molar-refractivity contribution in [2.24, 2.45) is 0 Å². The van der Waals surface area contributed by atoms with Crippen molar-refractivity contribution in [3.05, 3.63) is 29.8 Å². The van der Waals surface area contributed by atoms with E-state index in [0.29, 0.717) is 18.7 Å². The van der Waals surface area contributed by atoms with E-state index in [2.05, 4.69) is 6.07 Å². The summed E-state index contributed by atoms with van der Waals surface area (Å²) in [6, 6.07) is 8.73. The van der Waals surface area contributed by atoms with Gasteiger partial charge >= 0.3 is 0 Å². The molecule has 0 unspecified atom stereocenters. The van der Waals surface area contributed by atoms with Gasteiger partial charge < -0.3 is 9.64 Å². The lowest BCUT2D eigenvalue weighted by Gasteiger charge is -2.48. The van der Waals surface area contributed by atoms with Crippen molar-refractivity contribution in [1.29, 1.82) is 5.26 Å². The van der Waals surface area contributed by atoms with Crippen LogP contribution in [0.25, 0.3) is 0 Å². The van der Waals surface area contributed by atoms with E-state index >= 15 is 0 Å². The van der Waals surface area contributed by atoms with E-state index in [-0.39, 0.29) is 11.2 Å². The van der Waals surface area contributed by atoms with E-state index < -0.39 is 22.4 Å².